The van der Waals surface area contributed by atoms with Crippen LogP contribution >= 0.6 is 0 Å². The lowest BCUT2D eigenvalue weighted by Gasteiger charge is -2.44. The van der Waals surface area contributed by atoms with Crippen molar-refractivity contribution in [1.82, 2.24) is 15.5 Å². The molecule has 3 N–H and O–H groups in total. The van der Waals surface area contributed by atoms with Crippen molar-refractivity contribution in [2.45, 2.75) is 111 Å². The number of alkyl carbamates (subject to hydrolysis) is 1. The summed E-state index contributed by atoms with van der Waals surface area (Å²) in [5.74, 6) is -0.650. The van der Waals surface area contributed by atoms with Crippen molar-refractivity contribution in [1.29, 1.82) is 0 Å². The van der Waals surface area contributed by atoms with Crippen molar-refractivity contribution in [2.24, 2.45) is 0 Å². The minimum atomic E-state index is -1.05. The highest BCUT2D eigenvalue weighted by Crippen LogP contribution is 2.33. The number of phenolic OH excluding ortho intramolecular Hbond substituents is 1. The molecule has 8 nitrogen and oxygen atoms in total. The lowest BCUT2D eigenvalue weighted by molar-refractivity contribution is -0.149. The molecule has 8 heteroatoms. The van der Waals surface area contributed by atoms with Crippen molar-refractivity contribution < 1.29 is 24.2 Å². The molecule has 2 atom stereocenters. The average Bonchev–Trinajstić information content (AvgIpc) is 2.77. The van der Waals surface area contributed by atoms with Gasteiger partial charge in [0.15, 0.2) is 0 Å². The topological polar surface area (TPSA) is 108 Å². The molecule has 2 aromatic rings. The van der Waals surface area contributed by atoms with Gasteiger partial charge in [0.1, 0.15) is 23.4 Å². The second kappa shape index (κ2) is 12.3. The summed E-state index contributed by atoms with van der Waals surface area (Å²) >= 11 is 0. The van der Waals surface area contributed by atoms with Crippen LogP contribution in [0.4, 0.5) is 4.79 Å². The Morgan fingerprint density at radius 1 is 0.900 bits per heavy atom. The summed E-state index contributed by atoms with van der Waals surface area (Å²) in [5, 5.41) is 15.6. The molecule has 0 fully saturated rings. The molecular weight excluding hydrogens is 506 g/mol. The van der Waals surface area contributed by atoms with E-state index in [2.05, 4.69) is 10.6 Å². The van der Waals surface area contributed by atoms with Crippen LogP contribution in [0.15, 0.2) is 42.5 Å². The van der Waals surface area contributed by atoms with E-state index in [1.54, 1.807) is 37.8 Å². The fourth-order valence-corrected chi connectivity index (χ4v) is 4.44. The van der Waals surface area contributed by atoms with Gasteiger partial charge in [0, 0.05) is 17.5 Å². The van der Waals surface area contributed by atoms with Gasteiger partial charge in [-0.15, -0.1) is 0 Å². The molecule has 40 heavy (non-hydrogen) atoms. The first-order valence-corrected chi connectivity index (χ1v) is 13.7. The molecule has 2 unspecified atom stereocenters. The van der Waals surface area contributed by atoms with Crippen molar-refractivity contribution in [3.63, 3.8) is 0 Å². The van der Waals surface area contributed by atoms with E-state index in [4.69, 9.17) is 4.74 Å². The molecule has 0 aliphatic carbocycles. The number of hydrogen-bond acceptors (Lipinski definition) is 5. The Hall–Kier alpha value is -3.55. The third-order valence-electron chi connectivity index (χ3n) is 6.27. The fraction of sp³-hybridized carbons (Fsp3) is 0.531. The SMILES string of the molecule is Cc1cccc(C(C(=O)NC(C)(C)C)N(C(=O)C(Cc2ccc(O)cc2)NC(=O)OC(C)(C)C)C(C)(C)C)c1C. The Morgan fingerprint density at radius 2 is 1.48 bits per heavy atom. The molecule has 2 aromatic carbocycles. The van der Waals surface area contributed by atoms with Crippen molar-refractivity contribution in [3.05, 3.63) is 64.7 Å². The Kier molecular flexibility index (Phi) is 10.1. The standard InChI is InChI=1S/C32H47N3O5/c1-20-13-12-14-24(21(20)2)26(27(37)34-30(3,4)5)35(31(6,7)8)28(38)25(33-29(39)40-32(9,10)11)19-22-15-17-23(36)18-16-22/h12-18,25-26,36H,19H2,1-11H3,(H,33,39)(H,34,37). The monoisotopic (exact) mass is 553 g/mol. The van der Waals surface area contributed by atoms with Gasteiger partial charge in [-0.1, -0.05) is 30.3 Å². The summed E-state index contributed by atoms with van der Waals surface area (Å²) in [6.07, 6.45) is -0.605. The third kappa shape index (κ3) is 9.28. The smallest absolute Gasteiger partial charge is 0.408 e. The summed E-state index contributed by atoms with van der Waals surface area (Å²) in [5.41, 5.74) is 1.23. The fourth-order valence-electron chi connectivity index (χ4n) is 4.44. The third-order valence-corrected chi connectivity index (χ3v) is 6.27. The first-order chi connectivity index (χ1) is 18.2. The minimum absolute atomic E-state index is 0.0943. The van der Waals surface area contributed by atoms with E-state index in [-0.39, 0.29) is 18.1 Å². The Balaban J connectivity index is 2.69. The van der Waals surface area contributed by atoms with Crippen LogP contribution in [0.5, 0.6) is 5.75 Å². The highest BCUT2D eigenvalue weighted by atomic mass is 16.6. The molecule has 0 spiro atoms. The van der Waals surface area contributed by atoms with Crippen LogP contribution in [0.2, 0.25) is 0 Å². The van der Waals surface area contributed by atoms with Crippen LogP contribution in [-0.2, 0) is 20.7 Å². The van der Waals surface area contributed by atoms with E-state index < -0.39 is 40.8 Å². The van der Waals surface area contributed by atoms with E-state index in [9.17, 15) is 19.5 Å². The zero-order chi connectivity index (χ0) is 30.6. The number of ether oxygens (including phenoxy) is 1. The molecule has 0 bridgehead atoms. The van der Waals surface area contributed by atoms with Gasteiger partial charge >= 0.3 is 6.09 Å². The van der Waals surface area contributed by atoms with Crippen LogP contribution in [0.3, 0.4) is 0 Å². The van der Waals surface area contributed by atoms with Gasteiger partial charge in [0.25, 0.3) is 0 Å². The van der Waals surface area contributed by atoms with Gasteiger partial charge in [-0.2, -0.15) is 0 Å². The molecule has 0 heterocycles. The summed E-state index contributed by atoms with van der Waals surface area (Å²) in [4.78, 5) is 43.1. The molecule has 0 saturated carbocycles. The number of aryl methyl sites for hydroxylation is 1. The quantitative estimate of drug-likeness (QED) is 0.406. The number of carbonyl (C=O) groups is 3. The average molecular weight is 554 g/mol. The molecule has 3 amide bonds. The van der Waals surface area contributed by atoms with E-state index in [0.29, 0.717) is 5.56 Å². The zero-order valence-corrected chi connectivity index (χ0v) is 25.9. The highest BCUT2D eigenvalue weighted by Gasteiger charge is 2.43. The number of benzene rings is 2. The summed E-state index contributed by atoms with van der Waals surface area (Å²) < 4.78 is 5.49. The number of nitrogens with zero attached hydrogens (tertiary/aromatic N) is 1. The van der Waals surface area contributed by atoms with Crippen LogP contribution in [0, 0.1) is 13.8 Å². The molecular formula is C32H47N3O5. The lowest BCUT2D eigenvalue weighted by Crippen LogP contribution is -2.60. The van der Waals surface area contributed by atoms with Gasteiger partial charge in [-0.05, 0) is 111 Å². The normalized spacial score (nSPS) is 13.7. The van der Waals surface area contributed by atoms with E-state index in [1.165, 1.54) is 12.1 Å². The molecule has 0 aliphatic heterocycles. The lowest BCUT2D eigenvalue weighted by atomic mass is 9.90. The second-order valence-electron chi connectivity index (χ2n) is 13.4. The Labute approximate surface area is 239 Å². The van der Waals surface area contributed by atoms with Gasteiger partial charge in [0.05, 0.1) is 0 Å². The first kappa shape index (κ1) is 32.7. The maximum absolute atomic E-state index is 14.6. The number of amides is 3. The highest BCUT2D eigenvalue weighted by molar-refractivity contribution is 5.93. The predicted octanol–water partition coefficient (Wildman–Crippen LogP) is 5.73. The van der Waals surface area contributed by atoms with Gasteiger partial charge in [-0.3, -0.25) is 9.59 Å². The minimum Gasteiger partial charge on any atom is -0.508 e. The number of nitrogens with one attached hydrogen (secondary N) is 2. The molecule has 0 aliphatic rings. The predicted molar refractivity (Wildman–Crippen MR) is 158 cm³/mol. The van der Waals surface area contributed by atoms with Crippen LogP contribution in [0.25, 0.3) is 0 Å². The van der Waals surface area contributed by atoms with Crippen LogP contribution < -0.4 is 10.6 Å². The van der Waals surface area contributed by atoms with Crippen molar-refractivity contribution >= 4 is 17.9 Å². The summed E-state index contributed by atoms with van der Waals surface area (Å²) in [7, 11) is 0. The summed E-state index contributed by atoms with van der Waals surface area (Å²) in [6, 6.07) is 10.2. The number of carbonyl (C=O) groups excluding carboxylic acids is 3. The molecule has 0 saturated heterocycles. The number of rotatable bonds is 7. The number of aromatic hydroxyl groups is 1. The molecule has 0 aromatic heterocycles. The number of hydrogen-bond donors (Lipinski definition) is 3. The van der Waals surface area contributed by atoms with E-state index >= 15 is 0 Å². The molecule has 0 radical (unpaired) electrons. The van der Waals surface area contributed by atoms with Crippen LogP contribution in [-0.4, -0.2) is 50.6 Å². The molecule has 220 valence electrons. The zero-order valence-electron chi connectivity index (χ0n) is 25.9. The molecule has 2 rings (SSSR count). The van der Waals surface area contributed by atoms with Crippen LogP contribution in [0.1, 0.15) is 90.6 Å². The van der Waals surface area contributed by atoms with E-state index in [0.717, 1.165) is 16.7 Å². The maximum atomic E-state index is 14.6. The van der Waals surface area contributed by atoms with Crippen molar-refractivity contribution in [3.8, 4) is 5.75 Å². The Bertz CT molecular complexity index is 1200. The van der Waals surface area contributed by atoms with Gasteiger partial charge in [0.2, 0.25) is 11.8 Å². The van der Waals surface area contributed by atoms with Gasteiger partial charge < -0.3 is 25.4 Å². The Morgan fingerprint density at radius 3 is 1.98 bits per heavy atom. The first-order valence-electron chi connectivity index (χ1n) is 13.7. The van der Waals surface area contributed by atoms with E-state index in [1.807, 2.05) is 73.6 Å². The second-order valence-corrected chi connectivity index (χ2v) is 13.4. The maximum Gasteiger partial charge on any atom is 0.408 e. The van der Waals surface area contributed by atoms with Crippen molar-refractivity contribution in [2.75, 3.05) is 0 Å². The summed E-state index contributed by atoms with van der Waals surface area (Å²) in [6.45, 7) is 20.5. The number of phenols is 1. The largest absolute Gasteiger partial charge is 0.508 e. The van der Waals surface area contributed by atoms with Gasteiger partial charge in [-0.25, -0.2) is 4.79 Å².